The summed E-state index contributed by atoms with van der Waals surface area (Å²) in [5.41, 5.74) is 0.852. The number of rotatable bonds is 4. The van der Waals surface area contributed by atoms with Gasteiger partial charge in [-0.15, -0.1) is 0 Å². The van der Waals surface area contributed by atoms with Crippen LogP contribution in [0, 0.1) is 11.8 Å². The van der Waals surface area contributed by atoms with Gasteiger partial charge in [0.15, 0.2) is 0 Å². The lowest BCUT2D eigenvalue weighted by atomic mass is 9.94. The molecule has 0 heterocycles. The second-order valence-electron chi connectivity index (χ2n) is 8.33. The van der Waals surface area contributed by atoms with E-state index < -0.39 is 0 Å². The lowest BCUT2D eigenvalue weighted by Gasteiger charge is -2.32. The zero-order valence-electron chi connectivity index (χ0n) is 16.9. The van der Waals surface area contributed by atoms with Crippen molar-refractivity contribution in [3.05, 3.63) is 60.7 Å². The van der Waals surface area contributed by atoms with Crippen molar-refractivity contribution in [2.75, 3.05) is 0 Å². The maximum atomic E-state index is 3.54. The van der Waals surface area contributed by atoms with Crippen molar-refractivity contribution in [1.29, 1.82) is 0 Å². The van der Waals surface area contributed by atoms with Gasteiger partial charge in [0.05, 0.1) is 0 Å². The van der Waals surface area contributed by atoms with E-state index in [1.807, 2.05) is 0 Å². The Hall–Kier alpha value is -0.650. The third kappa shape index (κ3) is 5.91. The number of alkyl halides is 1. The number of benzene rings is 2. The molecule has 2 aromatic carbocycles. The largest absolute Gasteiger partial charge is 0.0891 e. The van der Waals surface area contributed by atoms with E-state index in [2.05, 4.69) is 90.4 Å². The lowest BCUT2D eigenvalue weighted by molar-refractivity contribution is 0.402. The van der Waals surface area contributed by atoms with Crippen LogP contribution >= 0.6 is 23.9 Å². The Morgan fingerprint density at radius 1 is 0.741 bits per heavy atom. The van der Waals surface area contributed by atoms with E-state index in [0.29, 0.717) is 0 Å². The average Bonchev–Trinajstić information content (AvgIpc) is 3.36. The summed E-state index contributed by atoms with van der Waals surface area (Å²) in [6.07, 6.45) is 9.91. The molecule has 0 saturated heterocycles. The minimum absolute atomic E-state index is 0.224. The molecule has 2 saturated carbocycles. The fourth-order valence-corrected chi connectivity index (χ4v) is 8.67. The zero-order valence-corrected chi connectivity index (χ0v) is 19.3. The van der Waals surface area contributed by atoms with E-state index in [-0.39, 0.29) is 7.92 Å². The van der Waals surface area contributed by atoms with E-state index in [4.69, 9.17) is 0 Å². The normalized spacial score (nSPS) is 22.9. The Bertz CT molecular complexity index is 609. The number of hydrogen-bond donors (Lipinski definition) is 0. The molecule has 0 nitrogen and oxygen atoms in total. The lowest BCUT2D eigenvalue weighted by Crippen LogP contribution is -2.27. The summed E-state index contributed by atoms with van der Waals surface area (Å²) in [7, 11) is -0.224. The van der Waals surface area contributed by atoms with Crippen molar-refractivity contribution in [3.63, 3.8) is 0 Å². The summed E-state index contributed by atoms with van der Waals surface area (Å²) >= 11 is 3.54. The predicted octanol–water partition coefficient (Wildman–Crippen LogP) is 7.27. The second kappa shape index (κ2) is 10.8. The van der Waals surface area contributed by atoms with Gasteiger partial charge in [0.25, 0.3) is 0 Å². The van der Waals surface area contributed by atoms with Gasteiger partial charge >= 0.3 is 0 Å². The van der Waals surface area contributed by atoms with E-state index in [0.717, 1.165) is 22.3 Å². The highest BCUT2D eigenvalue weighted by Gasteiger charge is 2.36. The Morgan fingerprint density at radius 3 is 1.67 bits per heavy atom. The van der Waals surface area contributed by atoms with Crippen LogP contribution in [0.3, 0.4) is 0 Å². The molecule has 0 aromatic heterocycles. The van der Waals surface area contributed by atoms with E-state index >= 15 is 0 Å². The monoisotopic (exact) mass is 444 g/mol. The molecule has 0 radical (unpaired) electrons. The maximum Gasteiger partial charge on any atom is 0.0145 e. The number of halogens is 1. The SMILES string of the molecule is BrC1CCCC1.CC(C)C1CCCC1P(c1ccccc1)c1ccccc1. The molecule has 0 aliphatic heterocycles. The average molecular weight is 445 g/mol. The summed E-state index contributed by atoms with van der Waals surface area (Å²) in [5.74, 6) is 1.69. The minimum atomic E-state index is -0.224. The van der Waals surface area contributed by atoms with Gasteiger partial charge < -0.3 is 0 Å². The summed E-state index contributed by atoms with van der Waals surface area (Å²) in [6.45, 7) is 4.82. The Kier molecular flexibility index (Phi) is 8.41. The van der Waals surface area contributed by atoms with Gasteiger partial charge in [-0.1, -0.05) is 110 Å². The first-order chi connectivity index (χ1) is 13.2. The van der Waals surface area contributed by atoms with Gasteiger partial charge in [-0.05, 0) is 61.7 Å². The second-order valence-corrected chi connectivity index (χ2v) is 12.1. The van der Waals surface area contributed by atoms with Gasteiger partial charge in [-0.3, -0.25) is 0 Å². The molecule has 2 heteroatoms. The van der Waals surface area contributed by atoms with Crippen LogP contribution in [0.1, 0.15) is 58.8 Å². The Labute approximate surface area is 176 Å². The van der Waals surface area contributed by atoms with Crippen molar-refractivity contribution in [3.8, 4) is 0 Å². The number of hydrogen-bond acceptors (Lipinski definition) is 0. The van der Waals surface area contributed by atoms with E-state index in [1.54, 1.807) is 10.6 Å². The molecule has 2 aromatic rings. The van der Waals surface area contributed by atoms with Crippen LogP contribution in [-0.4, -0.2) is 10.5 Å². The molecule has 2 fully saturated rings. The molecular weight excluding hydrogens is 411 g/mol. The molecule has 0 amide bonds. The fourth-order valence-electron chi connectivity index (χ4n) is 4.65. The summed E-state index contributed by atoms with van der Waals surface area (Å²) in [6, 6.07) is 22.4. The third-order valence-corrected chi connectivity index (χ3v) is 10.0. The molecule has 2 aliphatic rings. The molecule has 2 aliphatic carbocycles. The standard InChI is InChI=1S/C20H25P.C5H9Br/c1-16(2)19-14-9-15-20(19)21(17-10-5-3-6-11-17)18-12-7-4-8-13-18;6-5-3-1-2-4-5/h3-8,10-13,16,19-20H,9,14-15H2,1-2H3;5H,1-4H2. The fraction of sp³-hybridized carbons (Fsp3) is 0.520. The highest BCUT2D eigenvalue weighted by molar-refractivity contribution is 9.09. The smallest absolute Gasteiger partial charge is 0.0145 e. The zero-order chi connectivity index (χ0) is 19.1. The van der Waals surface area contributed by atoms with Crippen LogP contribution < -0.4 is 10.6 Å². The summed E-state index contributed by atoms with van der Waals surface area (Å²) in [5, 5.41) is 3.10. The highest BCUT2D eigenvalue weighted by Crippen LogP contribution is 2.51. The van der Waals surface area contributed by atoms with Crippen LogP contribution in [0.2, 0.25) is 0 Å². The molecule has 27 heavy (non-hydrogen) atoms. The van der Waals surface area contributed by atoms with Crippen molar-refractivity contribution in [2.45, 2.75) is 69.3 Å². The van der Waals surface area contributed by atoms with Crippen molar-refractivity contribution >= 4 is 34.5 Å². The van der Waals surface area contributed by atoms with E-state index in [1.165, 1.54) is 44.9 Å². The topological polar surface area (TPSA) is 0 Å². The highest BCUT2D eigenvalue weighted by atomic mass is 79.9. The molecule has 0 spiro atoms. The Morgan fingerprint density at radius 2 is 1.26 bits per heavy atom. The van der Waals surface area contributed by atoms with E-state index in [9.17, 15) is 0 Å². The van der Waals surface area contributed by atoms with Crippen molar-refractivity contribution in [1.82, 2.24) is 0 Å². The van der Waals surface area contributed by atoms with Crippen LogP contribution in [0.4, 0.5) is 0 Å². The van der Waals surface area contributed by atoms with Gasteiger partial charge in [0, 0.05) is 4.83 Å². The van der Waals surface area contributed by atoms with Crippen molar-refractivity contribution < 1.29 is 0 Å². The van der Waals surface area contributed by atoms with Crippen molar-refractivity contribution in [2.24, 2.45) is 11.8 Å². The first-order valence-electron chi connectivity index (χ1n) is 10.7. The summed E-state index contributed by atoms with van der Waals surface area (Å²) < 4.78 is 0. The third-order valence-electron chi connectivity index (χ3n) is 6.07. The quantitative estimate of drug-likeness (QED) is 0.343. The van der Waals surface area contributed by atoms with Crippen LogP contribution in [0.5, 0.6) is 0 Å². The maximum absolute atomic E-state index is 3.54. The Balaban J connectivity index is 0.000000299. The van der Waals surface area contributed by atoms with Crippen LogP contribution in [0.25, 0.3) is 0 Å². The molecule has 2 unspecified atom stereocenters. The van der Waals surface area contributed by atoms with Gasteiger partial charge in [0.1, 0.15) is 0 Å². The van der Waals surface area contributed by atoms with Crippen LogP contribution in [0.15, 0.2) is 60.7 Å². The minimum Gasteiger partial charge on any atom is -0.0891 e. The van der Waals surface area contributed by atoms with Gasteiger partial charge in [-0.25, -0.2) is 0 Å². The molecular formula is C25H34BrP. The molecule has 0 bridgehead atoms. The van der Waals surface area contributed by atoms with Gasteiger partial charge in [0.2, 0.25) is 0 Å². The first kappa shape index (κ1) is 21.1. The molecule has 2 atom stereocenters. The first-order valence-corrected chi connectivity index (χ1v) is 13.0. The van der Waals surface area contributed by atoms with Crippen LogP contribution in [-0.2, 0) is 0 Å². The summed E-state index contributed by atoms with van der Waals surface area (Å²) in [4.78, 5) is 0.859. The molecule has 0 N–H and O–H groups in total. The predicted molar refractivity (Wildman–Crippen MR) is 126 cm³/mol. The van der Waals surface area contributed by atoms with Gasteiger partial charge in [-0.2, -0.15) is 0 Å². The molecule has 146 valence electrons. The molecule has 4 rings (SSSR count).